The minimum atomic E-state index is -1.00. The largest absolute Gasteiger partial charge is 0.478 e. The highest BCUT2D eigenvalue weighted by molar-refractivity contribution is 5.89. The van der Waals surface area contributed by atoms with E-state index in [0.717, 1.165) is 13.1 Å². The van der Waals surface area contributed by atoms with Crippen LogP contribution in [0.2, 0.25) is 0 Å². The van der Waals surface area contributed by atoms with Crippen LogP contribution in [0.3, 0.4) is 0 Å². The molecule has 5 heteroatoms. The predicted octanol–water partition coefficient (Wildman–Crippen LogP) is 2.05. The molecule has 20 heavy (non-hydrogen) atoms. The summed E-state index contributed by atoms with van der Waals surface area (Å²) in [6.07, 6.45) is 0. The third-order valence-corrected chi connectivity index (χ3v) is 4.13. The molecule has 2 atom stereocenters. The number of hydrogen-bond donors (Lipinski definition) is 1. The summed E-state index contributed by atoms with van der Waals surface area (Å²) >= 11 is 0. The molecule has 1 saturated heterocycles. The molecular formula is C15H21FN2O2. The Labute approximate surface area is 118 Å². The van der Waals surface area contributed by atoms with E-state index in [-0.39, 0.29) is 11.4 Å². The average molecular weight is 280 g/mol. The molecule has 1 aromatic carbocycles. The van der Waals surface area contributed by atoms with Crippen molar-refractivity contribution in [2.45, 2.75) is 32.5 Å². The smallest absolute Gasteiger partial charge is 0.336 e. The number of piperazine rings is 1. The Morgan fingerprint density at radius 1 is 1.35 bits per heavy atom. The molecule has 0 saturated carbocycles. The summed E-state index contributed by atoms with van der Waals surface area (Å²) in [6.45, 7) is 6.48. The second-order valence-electron chi connectivity index (χ2n) is 5.66. The first-order valence-electron chi connectivity index (χ1n) is 6.84. The van der Waals surface area contributed by atoms with Crippen molar-refractivity contribution in [3.8, 4) is 0 Å². The van der Waals surface area contributed by atoms with Crippen molar-refractivity contribution in [1.82, 2.24) is 9.80 Å². The second kappa shape index (κ2) is 5.89. The van der Waals surface area contributed by atoms with Crippen LogP contribution < -0.4 is 0 Å². The summed E-state index contributed by atoms with van der Waals surface area (Å²) in [4.78, 5) is 15.7. The van der Waals surface area contributed by atoms with Gasteiger partial charge in [-0.15, -0.1) is 0 Å². The van der Waals surface area contributed by atoms with Crippen molar-refractivity contribution in [3.05, 3.63) is 35.1 Å². The molecule has 0 radical (unpaired) electrons. The fourth-order valence-electron chi connectivity index (χ4n) is 2.79. The summed E-state index contributed by atoms with van der Waals surface area (Å²) in [5.41, 5.74) is 0.729. The molecule has 110 valence electrons. The Bertz CT molecular complexity index is 495. The molecule has 0 spiro atoms. The van der Waals surface area contributed by atoms with E-state index in [0.29, 0.717) is 24.2 Å². The zero-order valence-electron chi connectivity index (χ0n) is 12.1. The number of benzene rings is 1. The molecule has 0 bridgehead atoms. The lowest BCUT2D eigenvalue weighted by Gasteiger charge is -2.42. The van der Waals surface area contributed by atoms with Gasteiger partial charge in [-0.25, -0.2) is 9.18 Å². The van der Waals surface area contributed by atoms with Crippen LogP contribution in [0.15, 0.2) is 18.2 Å². The highest BCUT2D eigenvalue weighted by atomic mass is 19.1. The molecule has 0 amide bonds. The van der Waals surface area contributed by atoms with E-state index in [9.17, 15) is 14.3 Å². The first-order chi connectivity index (χ1) is 9.38. The molecule has 1 aromatic rings. The molecule has 4 nitrogen and oxygen atoms in total. The number of carbonyl (C=O) groups is 1. The number of hydrogen-bond acceptors (Lipinski definition) is 3. The summed E-state index contributed by atoms with van der Waals surface area (Å²) in [7, 11) is 2.09. The van der Waals surface area contributed by atoms with Gasteiger partial charge in [-0.2, -0.15) is 0 Å². The van der Waals surface area contributed by atoms with Crippen LogP contribution in [-0.2, 0) is 6.54 Å². The molecule has 0 aromatic heterocycles. The highest BCUT2D eigenvalue weighted by Gasteiger charge is 2.27. The third-order valence-electron chi connectivity index (χ3n) is 4.13. The number of likely N-dealkylation sites (N-methyl/N-ethyl adjacent to an activating group) is 1. The van der Waals surface area contributed by atoms with Crippen LogP contribution >= 0.6 is 0 Å². The van der Waals surface area contributed by atoms with Crippen molar-refractivity contribution in [2.75, 3.05) is 20.1 Å². The van der Waals surface area contributed by atoms with E-state index < -0.39 is 5.97 Å². The van der Waals surface area contributed by atoms with Crippen molar-refractivity contribution in [3.63, 3.8) is 0 Å². The summed E-state index contributed by atoms with van der Waals surface area (Å²) in [5, 5.41) is 9.18. The average Bonchev–Trinajstić information content (AvgIpc) is 2.35. The van der Waals surface area contributed by atoms with Gasteiger partial charge in [0.1, 0.15) is 5.82 Å². The third kappa shape index (κ3) is 3.16. The Kier molecular flexibility index (Phi) is 4.40. The lowest BCUT2D eigenvalue weighted by atomic mass is 10.0. The van der Waals surface area contributed by atoms with Crippen LogP contribution in [0.1, 0.15) is 29.8 Å². The van der Waals surface area contributed by atoms with Gasteiger partial charge in [-0.05, 0) is 44.7 Å². The number of aromatic carboxylic acids is 1. The number of carboxylic acid groups (broad SMARTS) is 1. The molecule has 2 unspecified atom stereocenters. The highest BCUT2D eigenvalue weighted by Crippen LogP contribution is 2.19. The minimum Gasteiger partial charge on any atom is -0.478 e. The van der Waals surface area contributed by atoms with Crippen molar-refractivity contribution in [2.24, 2.45) is 0 Å². The Morgan fingerprint density at radius 3 is 2.50 bits per heavy atom. The lowest BCUT2D eigenvalue weighted by molar-refractivity contribution is 0.0547. The van der Waals surface area contributed by atoms with E-state index in [1.807, 2.05) is 0 Å². The van der Waals surface area contributed by atoms with Crippen LogP contribution in [0, 0.1) is 5.82 Å². The zero-order chi connectivity index (χ0) is 14.9. The second-order valence-corrected chi connectivity index (χ2v) is 5.66. The molecule has 1 N–H and O–H groups in total. The number of nitrogens with zero attached hydrogens (tertiary/aromatic N) is 2. The Hall–Kier alpha value is -1.46. The fraction of sp³-hybridized carbons (Fsp3) is 0.533. The zero-order valence-corrected chi connectivity index (χ0v) is 12.1. The lowest BCUT2D eigenvalue weighted by Crippen LogP contribution is -2.54. The normalized spacial score (nSPS) is 24.8. The van der Waals surface area contributed by atoms with Crippen LogP contribution in [0.5, 0.6) is 0 Å². The van der Waals surface area contributed by atoms with Crippen LogP contribution in [0.25, 0.3) is 0 Å². The summed E-state index contributed by atoms with van der Waals surface area (Å²) in [6, 6.07) is 4.68. The maximum atomic E-state index is 13.4. The molecular weight excluding hydrogens is 259 g/mol. The SMILES string of the molecule is CC1CN(Cc2cc(F)ccc2C(=O)O)CC(C)N1C. The van der Waals surface area contributed by atoms with E-state index in [2.05, 4.69) is 30.7 Å². The van der Waals surface area contributed by atoms with Crippen molar-refractivity contribution in [1.29, 1.82) is 0 Å². The van der Waals surface area contributed by atoms with Crippen molar-refractivity contribution >= 4 is 5.97 Å². The molecule has 1 fully saturated rings. The quantitative estimate of drug-likeness (QED) is 0.920. The first-order valence-corrected chi connectivity index (χ1v) is 6.84. The van der Waals surface area contributed by atoms with E-state index in [1.165, 1.54) is 18.2 Å². The van der Waals surface area contributed by atoms with Gasteiger partial charge in [0.25, 0.3) is 0 Å². The number of halogens is 1. The van der Waals surface area contributed by atoms with Gasteiger partial charge in [0, 0.05) is 31.7 Å². The monoisotopic (exact) mass is 280 g/mol. The van der Waals surface area contributed by atoms with Crippen LogP contribution in [-0.4, -0.2) is 53.1 Å². The molecule has 0 aliphatic carbocycles. The van der Waals surface area contributed by atoms with Gasteiger partial charge < -0.3 is 5.11 Å². The van der Waals surface area contributed by atoms with Gasteiger partial charge in [-0.1, -0.05) is 0 Å². The maximum Gasteiger partial charge on any atom is 0.336 e. The molecule has 1 aliphatic heterocycles. The van der Waals surface area contributed by atoms with E-state index >= 15 is 0 Å². The van der Waals surface area contributed by atoms with E-state index in [4.69, 9.17) is 0 Å². The van der Waals surface area contributed by atoms with Gasteiger partial charge >= 0.3 is 5.97 Å². The van der Waals surface area contributed by atoms with Gasteiger partial charge in [-0.3, -0.25) is 9.80 Å². The Balaban J connectivity index is 2.18. The molecule has 1 heterocycles. The standard InChI is InChI=1S/C15H21FN2O2/c1-10-7-18(8-11(2)17(10)3)9-12-6-13(16)4-5-14(12)15(19)20/h4-6,10-11H,7-9H2,1-3H3,(H,19,20). The minimum absolute atomic E-state index is 0.186. The van der Waals surface area contributed by atoms with Crippen LogP contribution in [0.4, 0.5) is 4.39 Å². The predicted molar refractivity (Wildman–Crippen MR) is 75.3 cm³/mol. The topological polar surface area (TPSA) is 43.8 Å². The van der Waals surface area contributed by atoms with Gasteiger partial charge in [0.2, 0.25) is 0 Å². The first kappa shape index (κ1) is 14.9. The van der Waals surface area contributed by atoms with Gasteiger partial charge in [0.05, 0.1) is 5.56 Å². The van der Waals surface area contributed by atoms with Gasteiger partial charge in [0.15, 0.2) is 0 Å². The van der Waals surface area contributed by atoms with Crippen molar-refractivity contribution < 1.29 is 14.3 Å². The summed E-state index contributed by atoms with van der Waals surface area (Å²) < 4.78 is 13.4. The fourth-order valence-corrected chi connectivity index (χ4v) is 2.79. The summed E-state index contributed by atoms with van der Waals surface area (Å²) in [5.74, 6) is -1.39. The number of carboxylic acids is 1. The number of rotatable bonds is 3. The molecule has 2 rings (SSSR count). The molecule has 1 aliphatic rings. The van der Waals surface area contributed by atoms with E-state index in [1.54, 1.807) is 0 Å². The Morgan fingerprint density at radius 2 is 1.95 bits per heavy atom. The maximum absolute atomic E-state index is 13.4.